The van der Waals surface area contributed by atoms with Gasteiger partial charge >= 0.3 is 0 Å². The van der Waals surface area contributed by atoms with Crippen LogP contribution in [0.1, 0.15) is 27.0 Å². The third kappa shape index (κ3) is 7.46. The van der Waals surface area contributed by atoms with E-state index < -0.39 is 0 Å². The summed E-state index contributed by atoms with van der Waals surface area (Å²) in [6.45, 7) is 2.78. The van der Waals surface area contributed by atoms with Gasteiger partial charge in [0.15, 0.2) is 0 Å². The lowest BCUT2D eigenvalue weighted by atomic mass is 10.1. The van der Waals surface area contributed by atoms with Gasteiger partial charge in [-0.25, -0.2) is 0 Å². The Kier molecular flexibility index (Phi) is 8.53. The topological polar surface area (TPSA) is 29.1 Å². The monoisotopic (exact) mass is 441 g/mol. The van der Waals surface area contributed by atoms with Crippen LogP contribution in [0, 0.1) is 6.92 Å². The maximum Gasteiger partial charge on any atom is 0.251 e. The Morgan fingerprint density at radius 1 is 0.931 bits per heavy atom. The minimum absolute atomic E-state index is 0.0157. The number of carbonyl (C=O) groups is 1. The Morgan fingerprint density at radius 3 is 2.41 bits per heavy atom. The molecule has 150 valence electrons. The number of nitrogens with one attached hydrogen (secondary N) is 1. The first-order chi connectivity index (χ1) is 14.1. The van der Waals surface area contributed by atoms with Crippen molar-refractivity contribution in [2.45, 2.75) is 23.3 Å². The molecule has 0 bridgehead atoms. The van der Waals surface area contributed by atoms with E-state index in [0.717, 1.165) is 22.3 Å². The van der Waals surface area contributed by atoms with Gasteiger partial charge in [-0.1, -0.05) is 53.6 Å². The first kappa shape index (κ1) is 21.8. The van der Waals surface area contributed by atoms with Gasteiger partial charge in [0.05, 0.1) is 0 Å². The van der Waals surface area contributed by atoms with Crippen LogP contribution in [0.25, 0.3) is 0 Å². The molecule has 0 heterocycles. The fourth-order valence-electron chi connectivity index (χ4n) is 2.78. The summed E-state index contributed by atoms with van der Waals surface area (Å²) in [6, 6.07) is 24.2. The fourth-order valence-corrected chi connectivity index (χ4v) is 4.57. The predicted molar refractivity (Wildman–Crippen MR) is 127 cm³/mol. The van der Waals surface area contributed by atoms with Gasteiger partial charge < -0.3 is 5.32 Å². The smallest absolute Gasteiger partial charge is 0.251 e. The predicted octanol–water partition coefficient (Wildman–Crippen LogP) is 6.60. The van der Waals surface area contributed by atoms with Gasteiger partial charge in [0, 0.05) is 39.3 Å². The van der Waals surface area contributed by atoms with E-state index in [4.69, 9.17) is 11.6 Å². The van der Waals surface area contributed by atoms with E-state index in [1.54, 1.807) is 11.8 Å². The van der Waals surface area contributed by atoms with Gasteiger partial charge in [0.1, 0.15) is 0 Å². The molecule has 0 aliphatic carbocycles. The number of aryl methyl sites for hydroxylation is 1. The molecular formula is C24H24ClNOS2. The molecule has 0 unspecified atom stereocenters. The molecule has 0 fully saturated rings. The van der Waals surface area contributed by atoms with Crippen molar-refractivity contribution in [3.63, 3.8) is 0 Å². The molecule has 5 heteroatoms. The van der Waals surface area contributed by atoms with Crippen LogP contribution in [0.5, 0.6) is 0 Å². The zero-order chi connectivity index (χ0) is 20.5. The SMILES string of the molecule is Cc1cccc(CSCCNC(=O)c2ccc(CSc3ccc(Cl)cc3)cc2)c1. The van der Waals surface area contributed by atoms with E-state index in [1.807, 2.05) is 60.3 Å². The summed E-state index contributed by atoms with van der Waals surface area (Å²) < 4.78 is 0. The number of rotatable bonds is 9. The number of benzene rings is 3. The lowest BCUT2D eigenvalue weighted by molar-refractivity contribution is 0.0956. The quantitative estimate of drug-likeness (QED) is 0.299. The Labute approximate surface area is 186 Å². The molecule has 0 aromatic heterocycles. The zero-order valence-electron chi connectivity index (χ0n) is 16.4. The highest BCUT2D eigenvalue weighted by atomic mass is 35.5. The second-order valence-corrected chi connectivity index (χ2v) is 9.33. The molecule has 0 atom stereocenters. The van der Waals surface area contributed by atoms with Crippen LogP contribution in [-0.2, 0) is 11.5 Å². The van der Waals surface area contributed by atoms with Crippen molar-refractivity contribution in [3.8, 4) is 0 Å². The van der Waals surface area contributed by atoms with Gasteiger partial charge in [-0.2, -0.15) is 11.8 Å². The first-order valence-corrected chi connectivity index (χ1v) is 12.0. The molecule has 3 rings (SSSR count). The Bertz CT molecular complexity index is 926. The van der Waals surface area contributed by atoms with Crippen LogP contribution in [0.15, 0.2) is 77.7 Å². The number of hydrogen-bond donors (Lipinski definition) is 1. The van der Waals surface area contributed by atoms with E-state index in [9.17, 15) is 4.79 Å². The fraction of sp³-hybridized carbons (Fsp3) is 0.208. The molecule has 3 aromatic carbocycles. The lowest BCUT2D eigenvalue weighted by Crippen LogP contribution is -2.25. The van der Waals surface area contributed by atoms with Crippen LogP contribution in [0.4, 0.5) is 0 Å². The lowest BCUT2D eigenvalue weighted by Gasteiger charge is -2.07. The molecule has 0 saturated heterocycles. The van der Waals surface area contributed by atoms with Gasteiger partial charge in [-0.3, -0.25) is 4.79 Å². The van der Waals surface area contributed by atoms with Crippen molar-refractivity contribution in [1.82, 2.24) is 5.32 Å². The highest BCUT2D eigenvalue weighted by molar-refractivity contribution is 7.98. The average Bonchev–Trinajstić information content (AvgIpc) is 2.73. The van der Waals surface area contributed by atoms with Crippen LogP contribution in [-0.4, -0.2) is 18.2 Å². The highest BCUT2D eigenvalue weighted by Crippen LogP contribution is 2.24. The molecule has 0 spiro atoms. The summed E-state index contributed by atoms with van der Waals surface area (Å²) in [6.07, 6.45) is 0. The van der Waals surface area contributed by atoms with Crippen LogP contribution in [0.3, 0.4) is 0 Å². The third-order valence-corrected chi connectivity index (χ3v) is 6.68. The summed E-state index contributed by atoms with van der Waals surface area (Å²) in [5.41, 5.74) is 4.50. The van der Waals surface area contributed by atoms with Crippen molar-refractivity contribution in [2.75, 3.05) is 12.3 Å². The summed E-state index contributed by atoms with van der Waals surface area (Å²) in [7, 11) is 0. The van der Waals surface area contributed by atoms with E-state index >= 15 is 0 Å². The molecule has 3 aromatic rings. The van der Waals surface area contributed by atoms with Gasteiger partial charge in [0.25, 0.3) is 5.91 Å². The number of halogens is 1. The second-order valence-electron chi connectivity index (χ2n) is 6.74. The molecule has 29 heavy (non-hydrogen) atoms. The Morgan fingerprint density at radius 2 is 1.69 bits per heavy atom. The third-order valence-electron chi connectivity index (χ3n) is 4.32. The van der Waals surface area contributed by atoms with Crippen molar-refractivity contribution in [1.29, 1.82) is 0 Å². The van der Waals surface area contributed by atoms with Gasteiger partial charge in [-0.05, 0) is 54.4 Å². The maximum atomic E-state index is 12.3. The summed E-state index contributed by atoms with van der Waals surface area (Å²) >= 11 is 9.50. The molecule has 1 amide bonds. The molecule has 1 N–H and O–H groups in total. The average molecular weight is 442 g/mol. The van der Waals surface area contributed by atoms with E-state index in [1.165, 1.54) is 21.6 Å². The summed E-state index contributed by atoms with van der Waals surface area (Å²) in [5, 5.41) is 3.75. The molecule has 2 nitrogen and oxygen atoms in total. The summed E-state index contributed by atoms with van der Waals surface area (Å²) in [5.74, 6) is 2.71. The van der Waals surface area contributed by atoms with Crippen molar-refractivity contribution >= 4 is 41.0 Å². The molecule has 0 aliphatic heterocycles. The minimum atomic E-state index is -0.0157. The summed E-state index contributed by atoms with van der Waals surface area (Å²) in [4.78, 5) is 13.5. The number of carbonyl (C=O) groups excluding carboxylic acids is 1. The van der Waals surface area contributed by atoms with Crippen LogP contribution in [0.2, 0.25) is 5.02 Å². The van der Waals surface area contributed by atoms with Crippen molar-refractivity contribution < 1.29 is 4.79 Å². The largest absolute Gasteiger partial charge is 0.351 e. The van der Waals surface area contributed by atoms with Crippen molar-refractivity contribution in [3.05, 3.63) is 100 Å². The minimum Gasteiger partial charge on any atom is -0.351 e. The Hall–Kier alpha value is -1.88. The number of thioether (sulfide) groups is 2. The van der Waals surface area contributed by atoms with Crippen molar-refractivity contribution in [2.24, 2.45) is 0 Å². The second kappa shape index (κ2) is 11.3. The van der Waals surface area contributed by atoms with Gasteiger partial charge in [0.2, 0.25) is 0 Å². The maximum absolute atomic E-state index is 12.3. The van der Waals surface area contributed by atoms with Crippen LogP contribution < -0.4 is 5.32 Å². The number of amides is 1. The standard InChI is InChI=1S/C24H24ClNOS2/c1-18-3-2-4-20(15-18)16-28-14-13-26-24(27)21-7-5-19(6-8-21)17-29-23-11-9-22(25)10-12-23/h2-12,15H,13-14,16-17H2,1H3,(H,26,27). The molecule has 0 saturated carbocycles. The van der Waals surface area contributed by atoms with E-state index in [0.29, 0.717) is 12.1 Å². The van der Waals surface area contributed by atoms with E-state index in [2.05, 4.69) is 36.5 Å². The van der Waals surface area contributed by atoms with E-state index in [-0.39, 0.29) is 5.91 Å². The molecular weight excluding hydrogens is 418 g/mol. The van der Waals surface area contributed by atoms with Crippen LogP contribution >= 0.6 is 35.1 Å². The normalized spacial score (nSPS) is 10.7. The number of hydrogen-bond acceptors (Lipinski definition) is 3. The Balaban J connectivity index is 1.37. The highest BCUT2D eigenvalue weighted by Gasteiger charge is 2.05. The zero-order valence-corrected chi connectivity index (χ0v) is 18.7. The molecule has 0 aliphatic rings. The van der Waals surface area contributed by atoms with Gasteiger partial charge in [-0.15, -0.1) is 11.8 Å². The molecule has 0 radical (unpaired) electrons. The first-order valence-electron chi connectivity index (χ1n) is 9.49.